The van der Waals surface area contributed by atoms with E-state index < -0.39 is 0 Å². The van der Waals surface area contributed by atoms with E-state index in [4.69, 9.17) is 4.74 Å². The van der Waals surface area contributed by atoms with Gasteiger partial charge in [0.2, 0.25) is 0 Å². The molecule has 0 aliphatic carbocycles. The zero-order valence-electron chi connectivity index (χ0n) is 10.5. The van der Waals surface area contributed by atoms with E-state index in [0.29, 0.717) is 17.5 Å². The maximum atomic E-state index is 5.44. The van der Waals surface area contributed by atoms with Crippen molar-refractivity contribution in [1.29, 1.82) is 0 Å². The van der Waals surface area contributed by atoms with E-state index in [0.717, 1.165) is 13.2 Å². The van der Waals surface area contributed by atoms with Crippen LogP contribution in [0.2, 0.25) is 0 Å². The molecule has 1 fully saturated rings. The van der Waals surface area contributed by atoms with E-state index >= 15 is 0 Å². The fraction of sp³-hybridized carbons (Fsp3) is 1.00. The van der Waals surface area contributed by atoms with Crippen molar-refractivity contribution in [3.8, 4) is 0 Å². The van der Waals surface area contributed by atoms with Crippen LogP contribution in [0.25, 0.3) is 0 Å². The van der Waals surface area contributed by atoms with E-state index in [1.807, 2.05) is 6.92 Å². The van der Waals surface area contributed by atoms with Crippen LogP contribution in [0.15, 0.2) is 0 Å². The zero-order chi connectivity index (χ0) is 11.3. The van der Waals surface area contributed by atoms with Gasteiger partial charge in [0, 0.05) is 24.4 Å². The highest BCUT2D eigenvalue weighted by Crippen LogP contribution is 2.34. The minimum Gasteiger partial charge on any atom is -0.380 e. The zero-order valence-corrected chi connectivity index (χ0v) is 11.3. The summed E-state index contributed by atoms with van der Waals surface area (Å²) in [6.07, 6.45) is 1.32. The second-order valence-electron chi connectivity index (χ2n) is 5.09. The Morgan fingerprint density at radius 2 is 2.27 bits per heavy atom. The Morgan fingerprint density at radius 1 is 1.53 bits per heavy atom. The number of thioether (sulfide) groups is 1. The monoisotopic (exact) mass is 231 g/mol. The van der Waals surface area contributed by atoms with Crippen LogP contribution in [-0.2, 0) is 4.74 Å². The molecule has 15 heavy (non-hydrogen) atoms. The Kier molecular flexibility index (Phi) is 5.44. The molecule has 0 amide bonds. The number of hydrogen-bond acceptors (Lipinski definition) is 3. The third kappa shape index (κ3) is 4.33. The molecule has 90 valence electrons. The molecule has 0 aromatic heterocycles. The summed E-state index contributed by atoms with van der Waals surface area (Å²) >= 11 is 2.07. The van der Waals surface area contributed by atoms with Crippen LogP contribution in [0.1, 0.15) is 34.1 Å². The smallest absolute Gasteiger partial charge is 0.0616 e. The molecule has 1 N–H and O–H groups in total. The molecule has 0 bridgehead atoms. The Hall–Kier alpha value is 0.270. The molecule has 1 aliphatic rings. The Balaban J connectivity index is 2.34. The van der Waals surface area contributed by atoms with E-state index in [1.165, 1.54) is 17.9 Å². The summed E-state index contributed by atoms with van der Waals surface area (Å²) in [6.45, 7) is 10.6. The average molecular weight is 231 g/mol. The quantitative estimate of drug-likeness (QED) is 0.785. The fourth-order valence-corrected chi connectivity index (χ4v) is 3.52. The van der Waals surface area contributed by atoms with Crippen LogP contribution in [0.5, 0.6) is 0 Å². The first kappa shape index (κ1) is 13.3. The van der Waals surface area contributed by atoms with E-state index in [1.54, 1.807) is 0 Å². The number of rotatable bonds is 5. The molecule has 2 nitrogen and oxygen atoms in total. The number of hydrogen-bond donors (Lipinski definition) is 1. The summed E-state index contributed by atoms with van der Waals surface area (Å²) in [5, 5.41) is 3.70. The highest BCUT2D eigenvalue weighted by molar-refractivity contribution is 7.99. The van der Waals surface area contributed by atoms with E-state index in [-0.39, 0.29) is 0 Å². The lowest BCUT2D eigenvalue weighted by Crippen LogP contribution is -2.51. The van der Waals surface area contributed by atoms with Crippen molar-refractivity contribution in [2.75, 3.05) is 24.7 Å². The highest BCUT2D eigenvalue weighted by Gasteiger charge is 2.32. The van der Waals surface area contributed by atoms with Gasteiger partial charge in [0.1, 0.15) is 0 Å². The third-order valence-corrected chi connectivity index (χ3v) is 4.24. The Bertz CT molecular complexity index is 184. The van der Waals surface area contributed by atoms with Gasteiger partial charge in [-0.2, -0.15) is 11.8 Å². The van der Waals surface area contributed by atoms with Gasteiger partial charge in [-0.15, -0.1) is 0 Å². The van der Waals surface area contributed by atoms with Gasteiger partial charge in [-0.05, 0) is 31.4 Å². The largest absolute Gasteiger partial charge is 0.380 e. The maximum Gasteiger partial charge on any atom is 0.0616 e. The molecule has 0 radical (unpaired) electrons. The van der Waals surface area contributed by atoms with Crippen LogP contribution >= 0.6 is 11.8 Å². The standard InChI is InChI=1S/C12H25NOS/c1-5-14-8-10(2)13-11-9-15-7-6-12(11,3)4/h10-11,13H,5-9H2,1-4H3. The van der Waals surface area contributed by atoms with Gasteiger partial charge in [0.25, 0.3) is 0 Å². The van der Waals surface area contributed by atoms with Crippen LogP contribution < -0.4 is 5.32 Å². The summed E-state index contributed by atoms with van der Waals surface area (Å²) in [5.74, 6) is 2.55. The van der Waals surface area contributed by atoms with Crippen LogP contribution in [-0.4, -0.2) is 36.8 Å². The van der Waals surface area contributed by atoms with E-state index in [2.05, 4.69) is 37.8 Å². The second kappa shape index (κ2) is 6.12. The van der Waals surface area contributed by atoms with Gasteiger partial charge >= 0.3 is 0 Å². The number of ether oxygens (including phenoxy) is 1. The molecular formula is C12H25NOS. The van der Waals surface area contributed by atoms with Crippen molar-refractivity contribution in [3.63, 3.8) is 0 Å². The average Bonchev–Trinajstić information content (AvgIpc) is 2.18. The molecule has 1 rings (SSSR count). The molecule has 2 unspecified atom stereocenters. The minimum absolute atomic E-state index is 0.436. The summed E-state index contributed by atoms with van der Waals surface area (Å²) in [7, 11) is 0. The topological polar surface area (TPSA) is 21.3 Å². The first-order valence-corrected chi connectivity index (χ1v) is 7.13. The normalized spacial score (nSPS) is 27.6. The molecule has 1 saturated heterocycles. The van der Waals surface area contributed by atoms with Crippen molar-refractivity contribution in [3.05, 3.63) is 0 Å². The lowest BCUT2D eigenvalue weighted by atomic mass is 9.82. The van der Waals surface area contributed by atoms with Crippen molar-refractivity contribution >= 4 is 11.8 Å². The van der Waals surface area contributed by atoms with Gasteiger partial charge in [-0.25, -0.2) is 0 Å². The van der Waals surface area contributed by atoms with Crippen molar-refractivity contribution in [2.45, 2.75) is 46.2 Å². The first-order chi connectivity index (χ1) is 7.06. The molecule has 0 aromatic rings. The minimum atomic E-state index is 0.436. The summed E-state index contributed by atoms with van der Waals surface area (Å²) < 4.78 is 5.44. The molecular weight excluding hydrogens is 206 g/mol. The molecule has 1 heterocycles. The van der Waals surface area contributed by atoms with Gasteiger partial charge in [0.15, 0.2) is 0 Å². The molecule has 1 aliphatic heterocycles. The SMILES string of the molecule is CCOCC(C)NC1CSCCC1(C)C. The number of nitrogens with one attached hydrogen (secondary N) is 1. The molecule has 0 spiro atoms. The van der Waals surface area contributed by atoms with E-state index in [9.17, 15) is 0 Å². The molecule has 2 atom stereocenters. The van der Waals surface area contributed by atoms with Crippen molar-refractivity contribution in [1.82, 2.24) is 5.32 Å². The third-order valence-electron chi connectivity index (χ3n) is 3.18. The summed E-state index contributed by atoms with van der Waals surface area (Å²) in [5.41, 5.74) is 0.436. The molecule has 0 aromatic carbocycles. The molecule has 0 saturated carbocycles. The van der Waals surface area contributed by atoms with Gasteiger partial charge in [-0.3, -0.25) is 0 Å². The fourth-order valence-electron chi connectivity index (χ4n) is 1.90. The lowest BCUT2D eigenvalue weighted by Gasteiger charge is -2.40. The predicted octanol–water partition coefficient (Wildman–Crippen LogP) is 2.53. The van der Waals surface area contributed by atoms with Crippen molar-refractivity contribution in [2.24, 2.45) is 5.41 Å². The van der Waals surface area contributed by atoms with Crippen molar-refractivity contribution < 1.29 is 4.74 Å². The van der Waals surface area contributed by atoms with Gasteiger partial charge in [-0.1, -0.05) is 13.8 Å². The van der Waals surface area contributed by atoms with Gasteiger partial charge in [0.05, 0.1) is 6.61 Å². The maximum absolute atomic E-state index is 5.44. The predicted molar refractivity (Wildman–Crippen MR) is 68.6 cm³/mol. The first-order valence-electron chi connectivity index (χ1n) is 5.98. The van der Waals surface area contributed by atoms with Crippen LogP contribution in [0.4, 0.5) is 0 Å². The molecule has 3 heteroatoms. The van der Waals surface area contributed by atoms with Crippen LogP contribution in [0, 0.1) is 5.41 Å². The van der Waals surface area contributed by atoms with Crippen LogP contribution in [0.3, 0.4) is 0 Å². The summed E-state index contributed by atoms with van der Waals surface area (Å²) in [4.78, 5) is 0. The highest BCUT2D eigenvalue weighted by atomic mass is 32.2. The Labute approximate surface area is 98.5 Å². The van der Waals surface area contributed by atoms with Gasteiger partial charge < -0.3 is 10.1 Å². The second-order valence-corrected chi connectivity index (χ2v) is 6.24. The lowest BCUT2D eigenvalue weighted by molar-refractivity contribution is 0.113. The summed E-state index contributed by atoms with van der Waals surface area (Å²) in [6, 6.07) is 1.10. The Morgan fingerprint density at radius 3 is 2.87 bits per heavy atom.